The molecule has 0 aromatic carbocycles. The van der Waals surface area contributed by atoms with Crippen LogP contribution in [-0.2, 0) is 0 Å². The van der Waals surface area contributed by atoms with Gasteiger partial charge in [0.15, 0.2) is 0 Å². The molecule has 0 amide bonds. The predicted octanol–water partition coefficient (Wildman–Crippen LogP) is 0.166. The highest BCUT2D eigenvalue weighted by atomic mass is 15.3. The van der Waals surface area contributed by atoms with Crippen LogP contribution in [0.4, 0.5) is 17.6 Å². The van der Waals surface area contributed by atoms with Gasteiger partial charge in [-0.2, -0.15) is 9.97 Å². The number of hydrogen-bond acceptors (Lipinski definition) is 6. The van der Waals surface area contributed by atoms with Gasteiger partial charge in [-0.25, -0.2) is 5.84 Å². The smallest absolute Gasteiger partial charge is 0.223 e. The Labute approximate surface area is 76.7 Å². The van der Waals surface area contributed by atoms with E-state index in [-0.39, 0.29) is 5.95 Å². The Hall–Kier alpha value is -1.56. The lowest BCUT2D eigenvalue weighted by atomic mass is 10.4. The second kappa shape index (κ2) is 4.46. The lowest BCUT2D eigenvalue weighted by molar-refractivity contribution is 0.966. The van der Waals surface area contributed by atoms with Crippen molar-refractivity contribution in [1.82, 2.24) is 9.97 Å². The number of hydrazine groups is 1. The number of nitrogens with two attached hydrogens (primary N) is 2. The van der Waals surface area contributed by atoms with E-state index in [1.807, 2.05) is 0 Å². The summed E-state index contributed by atoms with van der Waals surface area (Å²) >= 11 is 0. The lowest BCUT2D eigenvalue weighted by Gasteiger charge is -2.06. The van der Waals surface area contributed by atoms with E-state index in [1.165, 1.54) is 0 Å². The Morgan fingerprint density at radius 1 is 1.38 bits per heavy atom. The number of nitrogen functional groups attached to an aromatic ring is 2. The first-order valence-electron chi connectivity index (χ1n) is 4.11. The Bertz CT molecular complexity index is 274. The van der Waals surface area contributed by atoms with Gasteiger partial charge in [-0.3, -0.25) is 0 Å². The van der Waals surface area contributed by atoms with E-state index in [4.69, 9.17) is 11.6 Å². The van der Waals surface area contributed by atoms with E-state index >= 15 is 0 Å². The fraction of sp³-hybridized carbons (Fsp3) is 0.429. The van der Waals surface area contributed by atoms with Crippen LogP contribution in [0.1, 0.15) is 13.3 Å². The molecule has 0 aliphatic rings. The highest BCUT2D eigenvalue weighted by Crippen LogP contribution is 2.10. The molecule has 0 fully saturated rings. The number of aromatic nitrogens is 2. The summed E-state index contributed by atoms with van der Waals surface area (Å²) in [6.07, 6.45) is 1.02. The molecular formula is C7H14N6. The molecular weight excluding hydrogens is 168 g/mol. The van der Waals surface area contributed by atoms with Gasteiger partial charge in [0, 0.05) is 12.6 Å². The van der Waals surface area contributed by atoms with Crippen molar-refractivity contribution < 1.29 is 0 Å². The number of nitrogens with zero attached hydrogens (tertiary/aromatic N) is 2. The van der Waals surface area contributed by atoms with E-state index in [9.17, 15) is 0 Å². The standard InChI is InChI=1S/C7H14N6/c1-2-3-10-5-4-6(13-9)12-7(8)11-5/h4H,2-3,9H2,1H3,(H4,8,10,11,12,13). The number of rotatable bonds is 4. The van der Waals surface area contributed by atoms with Crippen molar-refractivity contribution in [2.24, 2.45) is 5.84 Å². The van der Waals surface area contributed by atoms with Gasteiger partial charge in [0.2, 0.25) is 5.95 Å². The summed E-state index contributed by atoms with van der Waals surface area (Å²) in [4.78, 5) is 7.83. The second-order valence-electron chi connectivity index (χ2n) is 2.57. The lowest BCUT2D eigenvalue weighted by Crippen LogP contribution is -2.12. The number of hydrogen-bond donors (Lipinski definition) is 4. The van der Waals surface area contributed by atoms with Crippen LogP contribution in [0.3, 0.4) is 0 Å². The first-order valence-corrected chi connectivity index (χ1v) is 4.11. The van der Waals surface area contributed by atoms with Crippen molar-refractivity contribution in [2.45, 2.75) is 13.3 Å². The molecule has 1 rings (SSSR count). The molecule has 0 bridgehead atoms. The minimum atomic E-state index is 0.203. The van der Waals surface area contributed by atoms with E-state index in [1.54, 1.807) is 6.07 Å². The van der Waals surface area contributed by atoms with E-state index < -0.39 is 0 Å². The zero-order valence-electron chi connectivity index (χ0n) is 7.54. The van der Waals surface area contributed by atoms with Crippen LogP contribution in [-0.4, -0.2) is 16.5 Å². The maximum Gasteiger partial charge on any atom is 0.223 e. The SMILES string of the molecule is CCCNc1cc(NN)nc(N)n1. The van der Waals surface area contributed by atoms with E-state index in [0.29, 0.717) is 11.6 Å². The van der Waals surface area contributed by atoms with Crippen LogP contribution in [0.5, 0.6) is 0 Å². The summed E-state index contributed by atoms with van der Waals surface area (Å²) in [6, 6.07) is 1.70. The molecule has 0 aliphatic heterocycles. The molecule has 1 aromatic rings. The van der Waals surface area contributed by atoms with Crippen molar-refractivity contribution >= 4 is 17.6 Å². The maximum atomic E-state index is 5.45. The topological polar surface area (TPSA) is 102 Å². The normalized spacial score (nSPS) is 9.69. The molecule has 6 heteroatoms. The highest BCUT2D eigenvalue weighted by molar-refractivity contribution is 5.50. The average molecular weight is 182 g/mol. The van der Waals surface area contributed by atoms with Gasteiger partial charge in [0.05, 0.1) is 0 Å². The third kappa shape index (κ3) is 2.75. The number of nitrogens with one attached hydrogen (secondary N) is 2. The molecule has 0 saturated carbocycles. The van der Waals surface area contributed by atoms with Gasteiger partial charge >= 0.3 is 0 Å². The molecule has 0 unspecified atom stereocenters. The summed E-state index contributed by atoms with van der Waals surface area (Å²) in [6.45, 7) is 2.92. The largest absolute Gasteiger partial charge is 0.370 e. The van der Waals surface area contributed by atoms with Crippen LogP contribution < -0.4 is 22.3 Å². The molecule has 0 atom stereocenters. The van der Waals surface area contributed by atoms with Gasteiger partial charge in [0.25, 0.3) is 0 Å². The minimum absolute atomic E-state index is 0.203. The molecule has 0 saturated heterocycles. The molecule has 6 nitrogen and oxygen atoms in total. The molecule has 1 heterocycles. The van der Waals surface area contributed by atoms with Crippen LogP contribution in [0.25, 0.3) is 0 Å². The highest BCUT2D eigenvalue weighted by Gasteiger charge is 1.99. The molecule has 0 radical (unpaired) electrons. The molecule has 0 aliphatic carbocycles. The Balaban J connectivity index is 2.76. The molecule has 13 heavy (non-hydrogen) atoms. The Kier molecular flexibility index (Phi) is 3.27. The van der Waals surface area contributed by atoms with E-state index in [0.717, 1.165) is 13.0 Å². The van der Waals surface area contributed by atoms with Gasteiger partial charge in [0.1, 0.15) is 11.6 Å². The van der Waals surface area contributed by atoms with Crippen molar-refractivity contribution in [2.75, 3.05) is 23.0 Å². The Morgan fingerprint density at radius 3 is 2.69 bits per heavy atom. The van der Waals surface area contributed by atoms with Crippen molar-refractivity contribution in [3.8, 4) is 0 Å². The summed E-state index contributed by atoms with van der Waals surface area (Å²) < 4.78 is 0. The van der Waals surface area contributed by atoms with Crippen LogP contribution in [0, 0.1) is 0 Å². The monoisotopic (exact) mass is 182 g/mol. The van der Waals surface area contributed by atoms with Crippen molar-refractivity contribution in [3.05, 3.63) is 6.07 Å². The zero-order chi connectivity index (χ0) is 9.68. The van der Waals surface area contributed by atoms with Gasteiger partial charge in [-0.1, -0.05) is 6.92 Å². The quantitative estimate of drug-likeness (QED) is 0.391. The van der Waals surface area contributed by atoms with Crippen LogP contribution in [0.15, 0.2) is 6.07 Å². The number of anilines is 3. The summed E-state index contributed by atoms with van der Waals surface area (Å²) in [5, 5.41) is 3.08. The minimum Gasteiger partial charge on any atom is -0.370 e. The molecule has 72 valence electrons. The zero-order valence-corrected chi connectivity index (χ0v) is 7.54. The van der Waals surface area contributed by atoms with E-state index in [2.05, 4.69) is 27.6 Å². The third-order valence-electron chi connectivity index (χ3n) is 1.45. The van der Waals surface area contributed by atoms with Crippen molar-refractivity contribution in [1.29, 1.82) is 0 Å². The fourth-order valence-electron chi connectivity index (χ4n) is 0.883. The first-order chi connectivity index (χ1) is 6.26. The van der Waals surface area contributed by atoms with Crippen LogP contribution in [0.2, 0.25) is 0 Å². The summed E-state index contributed by atoms with van der Waals surface area (Å²) in [5.74, 6) is 6.58. The second-order valence-corrected chi connectivity index (χ2v) is 2.57. The summed E-state index contributed by atoms with van der Waals surface area (Å²) in [7, 11) is 0. The van der Waals surface area contributed by atoms with Crippen molar-refractivity contribution in [3.63, 3.8) is 0 Å². The Morgan fingerprint density at radius 2 is 2.08 bits per heavy atom. The predicted molar refractivity (Wildman–Crippen MR) is 53.0 cm³/mol. The maximum absolute atomic E-state index is 5.45. The summed E-state index contributed by atoms with van der Waals surface area (Å²) in [5.41, 5.74) is 7.86. The van der Waals surface area contributed by atoms with Gasteiger partial charge < -0.3 is 16.5 Å². The van der Waals surface area contributed by atoms with Gasteiger partial charge in [-0.05, 0) is 6.42 Å². The molecule has 6 N–H and O–H groups in total. The van der Waals surface area contributed by atoms with Crippen LogP contribution >= 0.6 is 0 Å². The average Bonchev–Trinajstić information content (AvgIpc) is 2.14. The molecule has 0 spiro atoms. The third-order valence-corrected chi connectivity index (χ3v) is 1.45. The van der Waals surface area contributed by atoms with Gasteiger partial charge in [-0.15, -0.1) is 0 Å². The fourth-order valence-corrected chi connectivity index (χ4v) is 0.883. The molecule has 1 aromatic heterocycles. The first kappa shape index (κ1) is 9.53.